The van der Waals surface area contributed by atoms with Gasteiger partial charge in [0.15, 0.2) is 0 Å². The molecule has 0 spiro atoms. The summed E-state index contributed by atoms with van der Waals surface area (Å²) < 4.78 is 0. The lowest BCUT2D eigenvalue weighted by molar-refractivity contribution is 0.182. The number of piperidine rings is 1. The van der Waals surface area contributed by atoms with Crippen molar-refractivity contribution in [3.8, 4) is 0 Å². The van der Waals surface area contributed by atoms with Crippen molar-refractivity contribution in [3.63, 3.8) is 0 Å². The lowest BCUT2D eigenvalue weighted by atomic mass is 9.94. The summed E-state index contributed by atoms with van der Waals surface area (Å²) in [6.07, 6.45) is 5.59. The first kappa shape index (κ1) is 12.2. The number of hydrogen-bond donors (Lipinski definition) is 0. The lowest BCUT2D eigenvalue weighted by Crippen LogP contribution is -2.33. The molecule has 0 bridgehead atoms. The Balaban J connectivity index is 0.00000121. The van der Waals surface area contributed by atoms with Gasteiger partial charge < -0.3 is 4.90 Å². The van der Waals surface area contributed by atoms with E-state index in [1.807, 2.05) is 0 Å². The average Bonchev–Trinajstić information content (AvgIpc) is 2.07. The van der Waals surface area contributed by atoms with Crippen LogP contribution < -0.4 is 0 Å². The Kier molecular flexibility index (Phi) is 6.87. The molecule has 0 aliphatic carbocycles. The highest BCUT2D eigenvalue weighted by Crippen LogP contribution is 2.19. The quantitative estimate of drug-likeness (QED) is 0.663. The summed E-state index contributed by atoms with van der Waals surface area (Å²) in [5.41, 5.74) is 0. The first-order chi connectivity index (χ1) is 5.36. The second-order valence-corrected chi connectivity index (χ2v) is 3.69. The molecular weight excluding hydrogens is 170 g/mol. The Hall–Kier alpha value is 0.250. The van der Waals surface area contributed by atoms with Gasteiger partial charge in [-0.25, -0.2) is 0 Å². The zero-order valence-corrected chi connectivity index (χ0v) is 9.20. The molecule has 0 N–H and O–H groups in total. The fourth-order valence-corrected chi connectivity index (χ4v) is 1.93. The Bertz CT molecular complexity index is 98.0. The molecule has 1 nitrogen and oxygen atoms in total. The Morgan fingerprint density at radius 2 is 1.75 bits per heavy atom. The van der Waals surface area contributed by atoms with Crippen LogP contribution in [0.15, 0.2) is 0 Å². The smallest absolute Gasteiger partial charge is 0.00161 e. The molecule has 0 amide bonds. The molecule has 0 saturated carbocycles. The van der Waals surface area contributed by atoms with Gasteiger partial charge in [-0.2, -0.15) is 0 Å². The summed E-state index contributed by atoms with van der Waals surface area (Å²) in [7, 11) is 0. The van der Waals surface area contributed by atoms with Gasteiger partial charge in [0, 0.05) is 0 Å². The summed E-state index contributed by atoms with van der Waals surface area (Å²) in [6, 6.07) is 0. The van der Waals surface area contributed by atoms with Crippen LogP contribution in [-0.2, 0) is 0 Å². The number of likely N-dealkylation sites (tertiary alicyclic amines) is 1. The maximum atomic E-state index is 2.60. The van der Waals surface area contributed by atoms with Gasteiger partial charge in [-0.15, -0.1) is 12.4 Å². The molecule has 1 fully saturated rings. The van der Waals surface area contributed by atoms with Crippen LogP contribution in [0.3, 0.4) is 0 Å². The number of hydrogen-bond acceptors (Lipinski definition) is 1. The van der Waals surface area contributed by atoms with Crippen LogP contribution in [0.2, 0.25) is 0 Å². The van der Waals surface area contributed by atoms with Crippen molar-refractivity contribution < 1.29 is 0 Å². The molecule has 1 aliphatic rings. The Labute approximate surface area is 82.9 Å². The molecule has 1 rings (SSSR count). The molecule has 0 aromatic carbocycles. The topological polar surface area (TPSA) is 3.24 Å². The molecule has 74 valence electrons. The maximum absolute atomic E-state index is 2.60. The highest BCUT2D eigenvalue weighted by molar-refractivity contribution is 5.85. The zero-order chi connectivity index (χ0) is 8.10. The van der Waals surface area contributed by atoms with Crippen molar-refractivity contribution in [2.24, 2.45) is 5.92 Å². The fraction of sp³-hybridized carbons (Fsp3) is 1.00. The predicted octanol–water partition coefficient (Wildman–Crippen LogP) is 2.94. The van der Waals surface area contributed by atoms with Crippen molar-refractivity contribution in [3.05, 3.63) is 0 Å². The minimum absolute atomic E-state index is 0. The standard InChI is InChI=1S/C10H21N.ClH/c1-3-7-11-8-5-10(4-2)6-9-11;/h10H,3-9H2,1-2H3;1H. The van der Waals surface area contributed by atoms with E-state index >= 15 is 0 Å². The predicted molar refractivity (Wildman–Crippen MR) is 57.0 cm³/mol. The van der Waals surface area contributed by atoms with Crippen LogP contribution in [0.25, 0.3) is 0 Å². The molecule has 0 aromatic rings. The van der Waals surface area contributed by atoms with Crippen molar-refractivity contribution in [2.75, 3.05) is 19.6 Å². The molecule has 0 aromatic heterocycles. The van der Waals surface area contributed by atoms with Crippen LogP contribution in [0.1, 0.15) is 39.5 Å². The lowest BCUT2D eigenvalue weighted by Gasteiger charge is -2.30. The SMILES string of the molecule is CCCN1CCC(CC)CC1.Cl. The van der Waals surface area contributed by atoms with Crippen molar-refractivity contribution >= 4 is 12.4 Å². The van der Waals surface area contributed by atoms with Crippen LogP contribution in [0.5, 0.6) is 0 Å². The van der Waals surface area contributed by atoms with Crippen molar-refractivity contribution in [2.45, 2.75) is 39.5 Å². The third-order valence-corrected chi connectivity index (χ3v) is 2.82. The number of halogens is 1. The third-order valence-electron chi connectivity index (χ3n) is 2.82. The van der Waals surface area contributed by atoms with Gasteiger partial charge in [-0.1, -0.05) is 20.3 Å². The summed E-state index contributed by atoms with van der Waals surface area (Å²) >= 11 is 0. The molecule has 12 heavy (non-hydrogen) atoms. The molecule has 2 heteroatoms. The van der Waals surface area contributed by atoms with Crippen LogP contribution in [0.4, 0.5) is 0 Å². The minimum atomic E-state index is 0. The molecule has 1 aliphatic heterocycles. The third kappa shape index (κ3) is 3.77. The van der Waals surface area contributed by atoms with Crippen molar-refractivity contribution in [1.82, 2.24) is 4.90 Å². The Morgan fingerprint density at radius 1 is 1.17 bits per heavy atom. The molecule has 0 radical (unpaired) electrons. The second kappa shape index (κ2) is 6.73. The van der Waals surface area contributed by atoms with E-state index in [9.17, 15) is 0 Å². The molecule has 1 heterocycles. The summed E-state index contributed by atoms with van der Waals surface area (Å²) in [6.45, 7) is 8.61. The maximum Gasteiger partial charge on any atom is -0.00161 e. The first-order valence-corrected chi connectivity index (χ1v) is 5.09. The minimum Gasteiger partial charge on any atom is -0.303 e. The number of nitrogens with zero attached hydrogens (tertiary/aromatic N) is 1. The highest BCUT2D eigenvalue weighted by Gasteiger charge is 2.16. The summed E-state index contributed by atoms with van der Waals surface area (Å²) in [5.74, 6) is 1.03. The van der Waals surface area contributed by atoms with Gasteiger partial charge in [0.1, 0.15) is 0 Å². The fourth-order valence-electron chi connectivity index (χ4n) is 1.93. The first-order valence-electron chi connectivity index (χ1n) is 5.09. The number of rotatable bonds is 3. The van der Waals surface area contributed by atoms with Gasteiger partial charge >= 0.3 is 0 Å². The molecule has 0 atom stereocenters. The van der Waals surface area contributed by atoms with Gasteiger partial charge in [0.25, 0.3) is 0 Å². The van der Waals surface area contributed by atoms with Crippen LogP contribution in [-0.4, -0.2) is 24.5 Å². The summed E-state index contributed by atoms with van der Waals surface area (Å²) in [4.78, 5) is 2.60. The molecule has 0 unspecified atom stereocenters. The van der Waals surface area contributed by atoms with E-state index in [-0.39, 0.29) is 12.4 Å². The van der Waals surface area contributed by atoms with E-state index in [1.54, 1.807) is 0 Å². The van der Waals surface area contributed by atoms with E-state index in [4.69, 9.17) is 0 Å². The highest BCUT2D eigenvalue weighted by atomic mass is 35.5. The normalized spacial score (nSPS) is 20.5. The van der Waals surface area contributed by atoms with Crippen LogP contribution in [0, 0.1) is 5.92 Å². The van der Waals surface area contributed by atoms with E-state index in [0.29, 0.717) is 0 Å². The van der Waals surface area contributed by atoms with E-state index in [1.165, 1.54) is 45.3 Å². The molecular formula is C10H22ClN. The van der Waals surface area contributed by atoms with Crippen LogP contribution >= 0.6 is 12.4 Å². The van der Waals surface area contributed by atoms with Gasteiger partial charge in [0.05, 0.1) is 0 Å². The van der Waals surface area contributed by atoms with Crippen molar-refractivity contribution in [1.29, 1.82) is 0 Å². The van der Waals surface area contributed by atoms with E-state index in [0.717, 1.165) is 5.92 Å². The summed E-state index contributed by atoms with van der Waals surface area (Å²) in [5, 5.41) is 0. The molecule has 1 saturated heterocycles. The largest absolute Gasteiger partial charge is 0.303 e. The zero-order valence-electron chi connectivity index (χ0n) is 8.38. The van der Waals surface area contributed by atoms with Gasteiger partial charge in [-0.05, 0) is 44.8 Å². The second-order valence-electron chi connectivity index (χ2n) is 3.69. The monoisotopic (exact) mass is 191 g/mol. The average molecular weight is 192 g/mol. The Morgan fingerprint density at radius 3 is 2.17 bits per heavy atom. The van der Waals surface area contributed by atoms with Gasteiger partial charge in [0.2, 0.25) is 0 Å². The van der Waals surface area contributed by atoms with E-state index < -0.39 is 0 Å². The van der Waals surface area contributed by atoms with Gasteiger partial charge in [-0.3, -0.25) is 0 Å². The van der Waals surface area contributed by atoms with E-state index in [2.05, 4.69) is 18.7 Å².